The SMILES string of the molecule is CSc1ccc(C(=O)N(Cc2ccco2)c2nc3ccc(F)cc3s2)cc1. The molecular formula is C20H15FN2O2S2. The monoisotopic (exact) mass is 398 g/mol. The molecule has 27 heavy (non-hydrogen) atoms. The molecular weight excluding hydrogens is 383 g/mol. The fourth-order valence-corrected chi connectivity index (χ4v) is 4.07. The summed E-state index contributed by atoms with van der Waals surface area (Å²) < 4.78 is 19.6. The number of nitrogens with zero attached hydrogens (tertiary/aromatic N) is 2. The number of rotatable bonds is 5. The lowest BCUT2D eigenvalue weighted by molar-refractivity contribution is 0.0983. The van der Waals surface area contributed by atoms with Gasteiger partial charge >= 0.3 is 0 Å². The summed E-state index contributed by atoms with van der Waals surface area (Å²) in [5.41, 5.74) is 1.22. The van der Waals surface area contributed by atoms with Crippen LogP contribution in [0, 0.1) is 5.82 Å². The van der Waals surface area contributed by atoms with Crippen molar-refractivity contribution in [2.45, 2.75) is 11.4 Å². The minimum absolute atomic E-state index is 0.182. The van der Waals surface area contributed by atoms with E-state index in [1.807, 2.05) is 24.5 Å². The van der Waals surface area contributed by atoms with Gasteiger partial charge in [0.1, 0.15) is 11.6 Å². The molecule has 1 amide bonds. The van der Waals surface area contributed by atoms with Crippen LogP contribution < -0.4 is 4.90 Å². The molecule has 4 aromatic rings. The van der Waals surface area contributed by atoms with Gasteiger partial charge in [0.25, 0.3) is 5.91 Å². The van der Waals surface area contributed by atoms with E-state index in [4.69, 9.17) is 4.42 Å². The Bertz CT molecular complexity index is 1080. The summed E-state index contributed by atoms with van der Waals surface area (Å²) in [5, 5.41) is 0.506. The fourth-order valence-electron chi connectivity index (χ4n) is 2.68. The number of carbonyl (C=O) groups excluding carboxylic acids is 1. The van der Waals surface area contributed by atoms with Crippen molar-refractivity contribution in [1.29, 1.82) is 0 Å². The van der Waals surface area contributed by atoms with Gasteiger partial charge in [-0.05, 0) is 60.9 Å². The molecule has 0 bridgehead atoms. The van der Waals surface area contributed by atoms with E-state index in [2.05, 4.69) is 4.98 Å². The van der Waals surface area contributed by atoms with Crippen LogP contribution in [0.1, 0.15) is 16.1 Å². The Morgan fingerprint density at radius 3 is 2.74 bits per heavy atom. The molecule has 4 rings (SSSR count). The number of furan rings is 1. The maximum absolute atomic E-state index is 13.5. The molecule has 0 aliphatic carbocycles. The molecule has 7 heteroatoms. The standard InChI is InChI=1S/C20H15FN2O2S2/c1-26-16-7-4-13(5-8-16)19(24)23(12-15-3-2-10-25-15)20-22-17-9-6-14(21)11-18(17)27-20/h2-11H,12H2,1H3. The number of fused-ring (bicyclic) bond motifs is 1. The van der Waals surface area contributed by atoms with Crippen molar-refractivity contribution < 1.29 is 13.6 Å². The van der Waals surface area contributed by atoms with Crippen molar-refractivity contribution >= 4 is 44.4 Å². The zero-order valence-electron chi connectivity index (χ0n) is 14.4. The van der Waals surface area contributed by atoms with Gasteiger partial charge in [-0.25, -0.2) is 9.37 Å². The molecule has 0 aliphatic rings. The van der Waals surface area contributed by atoms with Crippen LogP contribution in [0.4, 0.5) is 9.52 Å². The van der Waals surface area contributed by atoms with Crippen molar-refractivity contribution in [2.24, 2.45) is 0 Å². The Morgan fingerprint density at radius 2 is 2.04 bits per heavy atom. The average molecular weight is 398 g/mol. The normalized spacial score (nSPS) is 11.0. The highest BCUT2D eigenvalue weighted by molar-refractivity contribution is 7.98. The fraction of sp³-hybridized carbons (Fsp3) is 0.100. The first-order valence-corrected chi connectivity index (χ1v) is 10.2. The van der Waals surface area contributed by atoms with Gasteiger partial charge in [0.15, 0.2) is 5.13 Å². The third kappa shape index (κ3) is 3.74. The lowest BCUT2D eigenvalue weighted by Crippen LogP contribution is -2.30. The van der Waals surface area contributed by atoms with Crippen LogP contribution in [0.5, 0.6) is 0 Å². The number of carbonyl (C=O) groups is 1. The van der Waals surface area contributed by atoms with E-state index in [1.165, 1.54) is 23.5 Å². The van der Waals surface area contributed by atoms with Gasteiger partial charge in [-0.2, -0.15) is 0 Å². The first-order chi connectivity index (χ1) is 13.1. The number of hydrogen-bond donors (Lipinski definition) is 0. The Balaban J connectivity index is 1.73. The largest absolute Gasteiger partial charge is 0.467 e. The van der Waals surface area contributed by atoms with Gasteiger partial charge in [0.05, 0.1) is 23.0 Å². The molecule has 0 atom stereocenters. The van der Waals surface area contributed by atoms with Crippen molar-refractivity contribution in [3.63, 3.8) is 0 Å². The highest BCUT2D eigenvalue weighted by Crippen LogP contribution is 2.31. The van der Waals surface area contributed by atoms with Crippen molar-refractivity contribution in [1.82, 2.24) is 4.98 Å². The van der Waals surface area contributed by atoms with Crippen LogP contribution in [0.2, 0.25) is 0 Å². The topological polar surface area (TPSA) is 46.3 Å². The number of halogens is 1. The van der Waals surface area contributed by atoms with Crippen LogP contribution in [-0.4, -0.2) is 17.1 Å². The Morgan fingerprint density at radius 1 is 1.22 bits per heavy atom. The molecule has 0 saturated carbocycles. The van der Waals surface area contributed by atoms with E-state index in [0.717, 1.165) is 4.90 Å². The second-order valence-corrected chi connectivity index (χ2v) is 7.70. The summed E-state index contributed by atoms with van der Waals surface area (Å²) in [6.07, 6.45) is 3.55. The molecule has 0 aliphatic heterocycles. The lowest BCUT2D eigenvalue weighted by atomic mass is 10.2. The second kappa shape index (κ2) is 7.54. The van der Waals surface area contributed by atoms with Crippen LogP contribution in [0.15, 0.2) is 70.2 Å². The quantitative estimate of drug-likeness (QED) is 0.411. The van der Waals surface area contributed by atoms with E-state index in [-0.39, 0.29) is 18.3 Å². The molecule has 2 aromatic heterocycles. The molecule has 2 aromatic carbocycles. The number of anilines is 1. The summed E-state index contributed by atoms with van der Waals surface area (Å²) in [6.45, 7) is 0.248. The molecule has 0 N–H and O–H groups in total. The maximum atomic E-state index is 13.5. The molecule has 2 heterocycles. The Hall–Kier alpha value is -2.64. The molecule has 136 valence electrons. The van der Waals surface area contributed by atoms with Gasteiger partial charge in [0.2, 0.25) is 0 Å². The summed E-state index contributed by atoms with van der Waals surface area (Å²) in [5.74, 6) is 0.141. The van der Waals surface area contributed by atoms with Gasteiger partial charge in [-0.1, -0.05) is 11.3 Å². The summed E-state index contributed by atoms with van der Waals surface area (Å²) in [4.78, 5) is 20.4. The first-order valence-electron chi connectivity index (χ1n) is 8.18. The third-order valence-corrected chi connectivity index (χ3v) is 5.83. The second-order valence-electron chi connectivity index (χ2n) is 5.81. The smallest absolute Gasteiger partial charge is 0.260 e. The van der Waals surface area contributed by atoms with E-state index in [9.17, 15) is 9.18 Å². The van der Waals surface area contributed by atoms with Crippen molar-refractivity contribution in [3.8, 4) is 0 Å². The molecule has 0 unspecified atom stereocenters. The summed E-state index contributed by atoms with van der Waals surface area (Å²) >= 11 is 2.90. The average Bonchev–Trinajstić information content (AvgIpc) is 3.34. The number of hydrogen-bond acceptors (Lipinski definition) is 5. The number of thioether (sulfide) groups is 1. The Kier molecular flexibility index (Phi) is 4.96. The molecule has 4 nitrogen and oxygen atoms in total. The van der Waals surface area contributed by atoms with Crippen LogP contribution >= 0.6 is 23.1 Å². The van der Waals surface area contributed by atoms with Crippen LogP contribution in [0.25, 0.3) is 10.2 Å². The highest BCUT2D eigenvalue weighted by atomic mass is 32.2. The maximum Gasteiger partial charge on any atom is 0.260 e. The number of aromatic nitrogens is 1. The zero-order chi connectivity index (χ0) is 18.8. The lowest BCUT2D eigenvalue weighted by Gasteiger charge is -2.19. The van der Waals surface area contributed by atoms with Crippen molar-refractivity contribution in [3.05, 3.63) is 78.0 Å². The molecule has 0 spiro atoms. The minimum atomic E-state index is -0.325. The number of benzene rings is 2. The Labute approximate surface area is 163 Å². The van der Waals surface area contributed by atoms with Gasteiger partial charge < -0.3 is 4.42 Å². The van der Waals surface area contributed by atoms with E-state index >= 15 is 0 Å². The predicted molar refractivity (Wildman–Crippen MR) is 107 cm³/mol. The van der Waals surface area contributed by atoms with Gasteiger partial charge in [-0.3, -0.25) is 9.69 Å². The molecule has 0 radical (unpaired) electrons. The van der Waals surface area contributed by atoms with Gasteiger partial charge in [0, 0.05) is 10.5 Å². The zero-order valence-corrected chi connectivity index (χ0v) is 16.0. The highest BCUT2D eigenvalue weighted by Gasteiger charge is 2.23. The van der Waals surface area contributed by atoms with E-state index < -0.39 is 0 Å². The minimum Gasteiger partial charge on any atom is -0.467 e. The van der Waals surface area contributed by atoms with E-state index in [1.54, 1.807) is 47.2 Å². The van der Waals surface area contributed by atoms with E-state index in [0.29, 0.717) is 26.7 Å². The van der Waals surface area contributed by atoms with Crippen LogP contribution in [-0.2, 0) is 6.54 Å². The number of amides is 1. The van der Waals surface area contributed by atoms with Crippen LogP contribution in [0.3, 0.4) is 0 Å². The summed E-state index contributed by atoms with van der Waals surface area (Å²) in [7, 11) is 0. The molecule has 0 fully saturated rings. The predicted octanol–water partition coefficient (Wildman–Crippen LogP) is 5.60. The third-order valence-electron chi connectivity index (χ3n) is 4.05. The van der Waals surface area contributed by atoms with Crippen molar-refractivity contribution in [2.75, 3.05) is 11.2 Å². The summed E-state index contributed by atoms with van der Waals surface area (Å²) in [6, 6.07) is 15.4. The van der Waals surface area contributed by atoms with Gasteiger partial charge in [-0.15, -0.1) is 11.8 Å². The number of thiazole rings is 1. The molecule has 0 saturated heterocycles. The first kappa shape index (κ1) is 17.8.